The summed E-state index contributed by atoms with van der Waals surface area (Å²) in [7, 11) is 0. The summed E-state index contributed by atoms with van der Waals surface area (Å²) in [5.41, 5.74) is 9.15. The summed E-state index contributed by atoms with van der Waals surface area (Å²) >= 11 is 0. The highest BCUT2D eigenvalue weighted by Gasteiger charge is 2.32. The fourth-order valence-electron chi connectivity index (χ4n) is 3.48. The summed E-state index contributed by atoms with van der Waals surface area (Å²) in [6.45, 7) is 2.07. The molecular weight excluding hydrogens is 321 g/mol. The van der Waals surface area contributed by atoms with Gasteiger partial charge in [0, 0.05) is 19.6 Å². The molecule has 2 N–H and O–H groups in total. The van der Waals surface area contributed by atoms with Gasteiger partial charge in [0.1, 0.15) is 11.9 Å². The fraction of sp³-hybridized carbons (Fsp3) is 0.316. The predicted molar refractivity (Wildman–Crippen MR) is 94.3 cm³/mol. The quantitative estimate of drug-likeness (QED) is 0.932. The lowest BCUT2D eigenvalue weighted by Crippen LogP contribution is -2.31. The van der Waals surface area contributed by atoms with Crippen LogP contribution in [0.5, 0.6) is 0 Å². The molecule has 2 aliphatic heterocycles. The van der Waals surface area contributed by atoms with Crippen LogP contribution in [0.2, 0.25) is 0 Å². The molecule has 1 atom stereocenters. The molecule has 2 heterocycles. The lowest BCUT2D eigenvalue weighted by atomic mass is 9.99. The second kappa shape index (κ2) is 6.37. The van der Waals surface area contributed by atoms with E-state index in [1.54, 1.807) is 12.1 Å². The molecular formula is C19H20FN3O2. The van der Waals surface area contributed by atoms with E-state index in [1.807, 2.05) is 17.0 Å². The Balaban J connectivity index is 1.56. The SMILES string of the molecule is NCC1CN(c2ccc(N3CCc4ccccc4C3)c(F)c2)C(=O)O1. The van der Waals surface area contributed by atoms with Crippen molar-refractivity contribution in [2.24, 2.45) is 5.73 Å². The molecule has 130 valence electrons. The van der Waals surface area contributed by atoms with Gasteiger partial charge in [0.2, 0.25) is 0 Å². The lowest BCUT2D eigenvalue weighted by Gasteiger charge is -2.31. The van der Waals surface area contributed by atoms with Gasteiger partial charge in [0.25, 0.3) is 0 Å². The Bertz CT molecular complexity index is 811. The Morgan fingerprint density at radius 1 is 1.20 bits per heavy atom. The van der Waals surface area contributed by atoms with Gasteiger partial charge in [0.05, 0.1) is 17.9 Å². The van der Waals surface area contributed by atoms with Gasteiger partial charge in [-0.3, -0.25) is 4.90 Å². The Morgan fingerprint density at radius 3 is 2.72 bits per heavy atom. The number of ether oxygens (including phenoxy) is 1. The number of hydrogen-bond acceptors (Lipinski definition) is 4. The summed E-state index contributed by atoms with van der Waals surface area (Å²) in [6, 6.07) is 13.2. The van der Waals surface area contributed by atoms with Crippen LogP contribution in [0.3, 0.4) is 0 Å². The normalized spacial score (nSPS) is 19.8. The number of carbonyl (C=O) groups excluding carboxylic acids is 1. The minimum Gasteiger partial charge on any atom is -0.443 e. The van der Waals surface area contributed by atoms with E-state index in [4.69, 9.17) is 10.5 Å². The lowest BCUT2D eigenvalue weighted by molar-refractivity contribution is 0.145. The van der Waals surface area contributed by atoms with Crippen LogP contribution in [-0.2, 0) is 17.7 Å². The third-order valence-corrected chi connectivity index (χ3v) is 4.85. The molecule has 0 bridgehead atoms. The van der Waals surface area contributed by atoms with Crippen LogP contribution in [0.1, 0.15) is 11.1 Å². The zero-order chi connectivity index (χ0) is 17.4. The van der Waals surface area contributed by atoms with Gasteiger partial charge in [-0.2, -0.15) is 0 Å². The molecule has 5 nitrogen and oxygen atoms in total. The van der Waals surface area contributed by atoms with Crippen LogP contribution in [0.4, 0.5) is 20.6 Å². The molecule has 1 unspecified atom stereocenters. The van der Waals surface area contributed by atoms with Crippen molar-refractivity contribution in [1.29, 1.82) is 0 Å². The van der Waals surface area contributed by atoms with Crippen molar-refractivity contribution in [1.82, 2.24) is 0 Å². The van der Waals surface area contributed by atoms with E-state index < -0.39 is 6.09 Å². The monoisotopic (exact) mass is 341 g/mol. The molecule has 6 heteroatoms. The minimum absolute atomic E-state index is 0.260. The van der Waals surface area contributed by atoms with E-state index in [0.717, 1.165) is 13.0 Å². The molecule has 2 aromatic carbocycles. The summed E-state index contributed by atoms with van der Waals surface area (Å²) in [5.74, 6) is -0.333. The van der Waals surface area contributed by atoms with Crippen molar-refractivity contribution >= 4 is 17.5 Å². The highest BCUT2D eigenvalue weighted by Crippen LogP contribution is 2.30. The molecule has 0 aliphatic carbocycles. The van der Waals surface area contributed by atoms with E-state index in [-0.39, 0.29) is 18.5 Å². The number of nitrogens with two attached hydrogens (primary N) is 1. The van der Waals surface area contributed by atoms with Gasteiger partial charge in [-0.15, -0.1) is 0 Å². The molecule has 0 spiro atoms. The Hall–Kier alpha value is -2.60. The van der Waals surface area contributed by atoms with Crippen molar-refractivity contribution < 1.29 is 13.9 Å². The van der Waals surface area contributed by atoms with Gasteiger partial charge >= 0.3 is 6.09 Å². The molecule has 1 fully saturated rings. The minimum atomic E-state index is -0.477. The molecule has 0 aromatic heterocycles. The average molecular weight is 341 g/mol. The molecule has 1 amide bonds. The van der Waals surface area contributed by atoms with E-state index >= 15 is 0 Å². The maximum Gasteiger partial charge on any atom is 0.414 e. The Kier molecular flexibility index (Phi) is 4.05. The zero-order valence-corrected chi connectivity index (χ0v) is 13.8. The van der Waals surface area contributed by atoms with Crippen LogP contribution < -0.4 is 15.5 Å². The number of anilines is 2. The average Bonchev–Trinajstić information content (AvgIpc) is 3.02. The number of fused-ring (bicyclic) bond motifs is 1. The van der Waals surface area contributed by atoms with Crippen molar-refractivity contribution in [3.05, 3.63) is 59.4 Å². The largest absolute Gasteiger partial charge is 0.443 e. The van der Waals surface area contributed by atoms with Gasteiger partial charge < -0.3 is 15.4 Å². The molecule has 25 heavy (non-hydrogen) atoms. The van der Waals surface area contributed by atoms with Crippen molar-refractivity contribution in [2.45, 2.75) is 19.1 Å². The van der Waals surface area contributed by atoms with Crippen molar-refractivity contribution in [2.75, 3.05) is 29.4 Å². The van der Waals surface area contributed by atoms with E-state index in [2.05, 4.69) is 12.1 Å². The summed E-state index contributed by atoms with van der Waals surface area (Å²) in [5, 5.41) is 0. The zero-order valence-electron chi connectivity index (χ0n) is 13.8. The standard InChI is InChI=1S/C19H20FN3O2/c20-17-9-15(23-12-16(10-21)25-19(23)24)5-6-18(17)22-8-7-13-3-1-2-4-14(13)11-22/h1-6,9,16H,7-8,10-12,21H2. The van der Waals surface area contributed by atoms with E-state index in [0.29, 0.717) is 24.5 Å². The van der Waals surface area contributed by atoms with Crippen LogP contribution in [0, 0.1) is 5.82 Å². The van der Waals surface area contributed by atoms with Gasteiger partial charge in [-0.25, -0.2) is 9.18 Å². The number of rotatable bonds is 3. The van der Waals surface area contributed by atoms with Crippen LogP contribution in [0.15, 0.2) is 42.5 Å². The number of hydrogen-bond donors (Lipinski definition) is 1. The van der Waals surface area contributed by atoms with Crippen molar-refractivity contribution in [3.63, 3.8) is 0 Å². The molecule has 2 aliphatic rings. The first kappa shape index (κ1) is 15.9. The van der Waals surface area contributed by atoms with E-state index in [9.17, 15) is 9.18 Å². The fourth-order valence-corrected chi connectivity index (χ4v) is 3.48. The van der Waals surface area contributed by atoms with Gasteiger partial charge in [-0.1, -0.05) is 24.3 Å². The summed E-state index contributed by atoms with van der Waals surface area (Å²) < 4.78 is 19.9. The third-order valence-electron chi connectivity index (χ3n) is 4.85. The highest BCUT2D eigenvalue weighted by molar-refractivity contribution is 5.90. The Morgan fingerprint density at radius 2 is 2.00 bits per heavy atom. The number of amides is 1. The molecule has 0 saturated carbocycles. The number of benzene rings is 2. The molecule has 0 radical (unpaired) electrons. The first-order valence-corrected chi connectivity index (χ1v) is 8.45. The maximum atomic E-state index is 14.7. The topological polar surface area (TPSA) is 58.8 Å². The maximum absolute atomic E-state index is 14.7. The summed E-state index contributed by atoms with van der Waals surface area (Å²) in [4.78, 5) is 15.4. The molecule has 2 aromatic rings. The first-order chi connectivity index (χ1) is 12.2. The first-order valence-electron chi connectivity index (χ1n) is 8.45. The van der Waals surface area contributed by atoms with Crippen LogP contribution >= 0.6 is 0 Å². The van der Waals surface area contributed by atoms with Gasteiger partial charge in [-0.05, 0) is 35.7 Å². The van der Waals surface area contributed by atoms with Gasteiger partial charge in [0.15, 0.2) is 0 Å². The van der Waals surface area contributed by atoms with Crippen molar-refractivity contribution in [3.8, 4) is 0 Å². The third kappa shape index (κ3) is 2.93. The number of carbonyl (C=O) groups is 1. The predicted octanol–water partition coefficient (Wildman–Crippen LogP) is 2.67. The Labute approximate surface area is 145 Å². The smallest absolute Gasteiger partial charge is 0.414 e. The second-order valence-electron chi connectivity index (χ2n) is 6.43. The number of nitrogens with zero attached hydrogens (tertiary/aromatic N) is 2. The number of cyclic esters (lactones) is 1. The summed E-state index contributed by atoms with van der Waals surface area (Å²) in [6.07, 6.45) is 0.0805. The molecule has 1 saturated heterocycles. The highest BCUT2D eigenvalue weighted by atomic mass is 19.1. The van der Waals surface area contributed by atoms with Crippen LogP contribution in [0.25, 0.3) is 0 Å². The number of halogens is 1. The second-order valence-corrected chi connectivity index (χ2v) is 6.43. The molecule has 4 rings (SSSR count). The van der Waals surface area contributed by atoms with E-state index in [1.165, 1.54) is 22.1 Å². The van der Waals surface area contributed by atoms with Crippen LogP contribution in [-0.4, -0.2) is 31.8 Å².